The molecule has 0 amide bonds. The van der Waals surface area contributed by atoms with Crippen LogP contribution in [0.15, 0.2) is 45.3 Å². The van der Waals surface area contributed by atoms with Gasteiger partial charge in [-0.05, 0) is 52.5 Å². The Kier molecular flexibility index (Phi) is 3.50. The largest absolute Gasteiger partial charge is 0.0614 e. The van der Waals surface area contributed by atoms with Crippen molar-refractivity contribution in [1.82, 2.24) is 0 Å². The van der Waals surface area contributed by atoms with Gasteiger partial charge in [0.25, 0.3) is 0 Å². The molecule has 0 atom stereocenters. The summed E-state index contributed by atoms with van der Waals surface area (Å²) in [5, 5.41) is 0. The van der Waals surface area contributed by atoms with Crippen LogP contribution in [0.1, 0.15) is 11.1 Å². The van der Waals surface area contributed by atoms with E-state index in [1.165, 1.54) is 22.3 Å². The van der Waals surface area contributed by atoms with E-state index < -0.39 is 0 Å². The van der Waals surface area contributed by atoms with Crippen molar-refractivity contribution < 1.29 is 0 Å². The van der Waals surface area contributed by atoms with E-state index in [0.717, 1.165) is 8.95 Å². The normalized spacial score (nSPS) is 10.5. The fraction of sp³-hybridized carbons (Fsp3) is 0.143. The molecule has 0 aliphatic heterocycles. The van der Waals surface area contributed by atoms with Crippen LogP contribution in [0.25, 0.3) is 11.1 Å². The van der Waals surface area contributed by atoms with Crippen molar-refractivity contribution in [2.24, 2.45) is 0 Å². The van der Waals surface area contributed by atoms with Crippen molar-refractivity contribution in [3.8, 4) is 11.1 Å². The second-order valence-corrected chi connectivity index (χ2v) is 5.55. The molecule has 0 aliphatic carbocycles. The second kappa shape index (κ2) is 4.72. The molecule has 0 heterocycles. The Morgan fingerprint density at radius 2 is 1.69 bits per heavy atom. The Hall–Kier alpha value is -0.600. The number of hydrogen-bond acceptors (Lipinski definition) is 0. The van der Waals surface area contributed by atoms with Gasteiger partial charge in [-0.25, -0.2) is 0 Å². The molecular weight excluding hydrogens is 328 g/mol. The number of halogens is 2. The zero-order valence-electron chi connectivity index (χ0n) is 9.22. The van der Waals surface area contributed by atoms with Gasteiger partial charge < -0.3 is 0 Å². The number of hydrogen-bond donors (Lipinski definition) is 0. The van der Waals surface area contributed by atoms with Gasteiger partial charge in [0.15, 0.2) is 0 Å². The van der Waals surface area contributed by atoms with Crippen LogP contribution in [0.3, 0.4) is 0 Å². The highest BCUT2D eigenvalue weighted by molar-refractivity contribution is 9.11. The van der Waals surface area contributed by atoms with Crippen molar-refractivity contribution in [3.63, 3.8) is 0 Å². The molecule has 0 N–H and O–H groups in total. The van der Waals surface area contributed by atoms with Crippen molar-refractivity contribution in [3.05, 3.63) is 56.5 Å². The third-order valence-electron chi connectivity index (χ3n) is 2.65. The van der Waals surface area contributed by atoms with Crippen LogP contribution in [0.2, 0.25) is 0 Å². The lowest BCUT2D eigenvalue weighted by molar-refractivity contribution is 1.38. The minimum atomic E-state index is 1.13. The quantitative estimate of drug-likeness (QED) is 0.644. The van der Waals surface area contributed by atoms with Gasteiger partial charge in [-0.3, -0.25) is 0 Å². The summed E-state index contributed by atoms with van der Waals surface area (Å²) in [6, 6.07) is 12.8. The van der Waals surface area contributed by atoms with Crippen LogP contribution in [0.5, 0.6) is 0 Å². The van der Waals surface area contributed by atoms with Crippen LogP contribution >= 0.6 is 31.9 Å². The van der Waals surface area contributed by atoms with E-state index >= 15 is 0 Å². The average Bonchev–Trinajstić information content (AvgIpc) is 2.26. The summed E-state index contributed by atoms with van der Waals surface area (Å²) >= 11 is 7.20. The van der Waals surface area contributed by atoms with E-state index in [0.29, 0.717) is 0 Å². The van der Waals surface area contributed by atoms with Crippen molar-refractivity contribution in [2.75, 3.05) is 0 Å². The summed E-state index contributed by atoms with van der Waals surface area (Å²) in [6.07, 6.45) is 0. The lowest BCUT2D eigenvalue weighted by atomic mass is 10.0. The molecule has 82 valence electrons. The predicted molar refractivity (Wildman–Crippen MR) is 76.8 cm³/mol. The summed E-state index contributed by atoms with van der Waals surface area (Å²) in [6.45, 7) is 4.22. The van der Waals surface area contributed by atoms with Crippen LogP contribution in [-0.4, -0.2) is 0 Å². The zero-order valence-corrected chi connectivity index (χ0v) is 12.4. The number of rotatable bonds is 1. The summed E-state index contributed by atoms with van der Waals surface area (Å²) in [4.78, 5) is 0. The van der Waals surface area contributed by atoms with Gasteiger partial charge in [0.1, 0.15) is 0 Å². The van der Waals surface area contributed by atoms with Crippen molar-refractivity contribution in [2.45, 2.75) is 13.8 Å². The van der Waals surface area contributed by atoms with Crippen molar-refractivity contribution in [1.29, 1.82) is 0 Å². The minimum absolute atomic E-state index is 1.13. The predicted octanol–water partition coefficient (Wildman–Crippen LogP) is 5.50. The Morgan fingerprint density at radius 3 is 2.38 bits per heavy atom. The average molecular weight is 340 g/mol. The SMILES string of the molecule is Cc1cccc(-c2ccc(Br)c(C)c2Br)c1. The van der Waals surface area contributed by atoms with Gasteiger partial charge in [0, 0.05) is 8.95 Å². The van der Waals surface area contributed by atoms with E-state index in [9.17, 15) is 0 Å². The summed E-state index contributed by atoms with van der Waals surface area (Å²) in [5.41, 5.74) is 5.01. The molecule has 0 nitrogen and oxygen atoms in total. The molecule has 0 aliphatic rings. The first kappa shape index (κ1) is 11.9. The van der Waals surface area contributed by atoms with Crippen LogP contribution in [0.4, 0.5) is 0 Å². The fourth-order valence-electron chi connectivity index (χ4n) is 1.70. The lowest BCUT2D eigenvalue weighted by Gasteiger charge is -2.09. The van der Waals surface area contributed by atoms with E-state index in [4.69, 9.17) is 0 Å². The Morgan fingerprint density at radius 1 is 0.938 bits per heavy atom. The smallest absolute Gasteiger partial charge is 0.0294 e. The van der Waals surface area contributed by atoms with Gasteiger partial charge in [-0.1, -0.05) is 51.8 Å². The highest BCUT2D eigenvalue weighted by Crippen LogP contribution is 2.34. The van der Waals surface area contributed by atoms with Gasteiger partial charge in [-0.2, -0.15) is 0 Å². The van der Waals surface area contributed by atoms with Gasteiger partial charge in [-0.15, -0.1) is 0 Å². The maximum atomic E-state index is 3.66. The molecule has 0 aromatic heterocycles. The maximum Gasteiger partial charge on any atom is 0.0294 e. The van der Waals surface area contributed by atoms with E-state index in [2.05, 4.69) is 82.1 Å². The third-order valence-corrected chi connectivity index (χ3v) is 4.53. The first-order chi connectivity index (χ1) is 7.59. The van der Waals surface area contributed by atoms with Crippen LogP contribution < -0.4 is 0 Å². The monoisotopic (exact) mass is 338 g/mol. The third kappa shape index (κ3) is 2.23. The molecular formula is C14H12Br2. The molecule has 0 fully saturated rings. The van der Waals surface area contributed by atoms with E-state index in [1.807, 2.05) is 0 Å². The molecule has 2 rings (SSSR count). The molecule has 2 aromatic rings. The summed E-state index contributed by atoms with van der Waals surface area (Å²) < 4.78 is 2.29. The lowest BCUT2D eigenvalue weighted by Crippen LogP contribution is -1.85. The summed E-state index contributed by atoms with van der Waals surface area (Å²) in [5.74, 6) is 0. The van der Waals surface area contributed by atoms with E-state index in [1.54, 1.807) is 0 Å². The maximum absolute atomic E-state index is 3.66. The van der Waals surface area contributed by atoms with Gasteiger partial charge in [0.2, 0.25) is 0 Å². The minimum Gasteiger partial charge on any atom is -0.0614 e. The standard InChI is InChI=1S/C14H12Br2/c1-9-4-3-5-11(8-9)12-6-7-13(15)10(2)14(12)16/h3-8H,1-2H3. The number of benzene rings is 2. The van der Waals surface area contributed by atoms with E-state index in [-0.39, 0.29) is 0 Å². The molecule has 2 heteroatoms. The Balaban J connectivity index is 2.61. The molecule has 0 unspecified atom stereocenters. The van der Waals surface area contributed by atoms with Crippen LogP contribution in [-0.2, 0) is 0 Å². The number of aryl methyl sites for hydroxylation is 1. The summed E-state index contributed by atoms with van der Waals surface area (Å²) in [7, 11) is 0. The van der Waals surface area contributed by atoms with Gasteiger partial charge >= 0.3 is 0 Å². The Bertz CT molecular complexity index is 530. The first-order valence-corrected chi connectivity index (χ1v) is 6.70. The molecule has 16 heavy (non-hydrogen) atoms. The highest BCUT2D eigenvalue weighted by atomic mass is 79.9. The first-order valence-electron chi connectivity index (χ1n) is 5.11. The molecule has 0 spiro atoms. The van der Waals surface area contributed by atoms with Gasteiger partial charge in [0.05, 0.1) is 0 Å². The second-order valence-electron chi connectivity index (χ2n) is 3.90. The topological polar surface area (TPSA) is 0 Å². The van der Waals surface area contributed by atoms with Crippen molar-refractivity contribution >= 4 is 31.9 Å². The molecule has 2 aromatic carbocycles. The fourth-order valence-corrected chi connectivity index (χ4v) is 2.87. The molecule has 0 radical (unpaired) electrons. The highest BCUT2D eigenvalue weighted by Gasteiger charge is 2.07. The molecule has 0 bridgehead atoms. The molecule has 0 saturated heterocycles. The van der Waals surface area contributed by atoms with Crippen LogP contribution in [0, 0.1) is 13.8 Å². The Labute approximate surface area is 113 Å². The zero-order chi connectivity index (χ0) is 11.7. The molecule has 0 saturated carbocycles.